The molecule has 2 aliphatic heterocycles. The number of methoxy groups -OCH3 is 5. The van der Waals surface area contributed by atoms with Gasteiger partial charge in [-0.15, -0.1) is 0 Å². The Labute approximate surface area is 219 Å². The lowest BCUT2D eigenvalue weighted by Crippen LogP contribution is -2.21. The molecule has 3 aromatic carbocycles. The van der Waals surface area contributed by atoms with Gasteiger partial charge in [-0.2, -0.15) is 0 Å². The summed E-state index contributed by atoms with van der Waals surface area (Å²) in [6.45, 7) is 0. The number of allylic oxidation sites excluding steroid dienone is 1. The van der Waals surface area contributed by atoms with Crippen LogP contribution in [0.25, 0.3) is 6.08 Å². The molecule has 9 heteroatoms. The number of ether oxygens (including phenoxy) is 7. The average molecular weight is 519 g/mol. The molecule has 196 valence electrons. The SMILES string of the molecule is COc1cc(OC)c(OC)cc1C=C1Oc2c(ccc3c2C(c2ccc(OC)c(OC)c2)CC(=O)O3)C1=O. The van der Waals surface area contributed by atoms with Gasteiger partial charge in [-0.1, -0.05) is 6.07 Å². The van der Waals surface area contributed by atoms with E-state index >= 15 is 0 Å². The van der Waals surface area contributed by atoms with E-state index < -0.39 is 5.92 Å². The van der Waals surface area contributed by atoms with Crippen LogP contribution in [0.4, 0.5) is 0 Å². The number of Topliss-reactive ketones (excluding diaryl/α,β-unsaturated/α-hetero) is 1. The molecule has 0 amide bonds. The summed E-state index contributed by atoms with van der Waals surface area (Å²) in [7, 11) is 7.67. The fourth-order valence-electron chi connectivity index (χ4n) is 4.77. The van der Waals surface area contributed by atoms with Crippen molar-refractivity contribution < 1.29 is 42.7 Å². The number of carbonyl (C=O) groups is 2. The van der Waals surface area contributed by atoms with Crippen LogP contribution < -0.4 is 33.2 Å². The van der Waals surface area contributed by atoms with Crippen molar-refractivity contribution in [1.82, 2.24) is 0 Å². The summed E-state index contributed by atoms with van der Waals surface area (Å²) >= 11 is 0. The molecule has 2 aliphatic rings. The van der Waals surface area contributed by atoms with E-state index in [-0.39, 0.29) is 23.9 Å². The quantitative estimate of drug-likeness (QED) is 0.248. The molecule has 0 spiro atoms. The van der Waals surface area contributed by atoms with E-state index in [1.54, 1.807) is 50.6 Å². The van der Waals surface area contributed by atoms with Crippen LogP contribution >= 0.6 is 0 Å². The Kier molecular flexibility index (Phi) is 6.59. The molecule has 0 bridgehead atoms. The van der Waals surface area contributed by atoms with Gasteiger partial charge in [0.05, 0.1) is 47.5 Å². The van der Waals surface area contributed by atoms with Gasteiger partial charge in [-0.05, 0) is 42.0 Å². The van der Waals surface area contributed by atoms with Gasteiger partial charge in [-0.3, -0.25) is 9.59 Å². The maximum atomic E-state index is 13.4. The number of fused-ring (bicyclic) bond motifs is 3. The van der Waals surface area contributed by atoms with Gasteiger partial charge in [0.2, 0.25) is 5.78 Å². The minimum atomic E-state index is -0.427. The summed E-state index contributed by atoms with van der Waals surface area (Å²) < 4.78 is 38.8. The molecule has 0 radical (unpaired) electrons. The smallest absolute Gasteiger partial charge is 0.312 e. The van der Waals surface area contributed by atoms with Gasteiger partial charge in [-0.25, -0.2) is 0 Å². The largest absolute Gasteiger partial charge is 0.496 e. The van der Waals surface area contributed by atoms with Gasteiger partial charge in [0.15, 0.2) is 28.8 Å². The molecular formula is C29H26O9. The molecule has 9 nitrogen and oxygen atoms in total. The molecule has 0 saturated heterocycles. The fourth-order valence-corrected chi connectivity index (χ4v) is 4.77. The molecule has 1 atom stereocenters. The van der Waals surface area contributed by atoms with Crippen molar-refractivity contribution in [3.05, 3.63) is 70.5 Å². The fraction of sp³-hybridized carbons (Fsp3) is 0.241. The molecule has 0 fully saturated rings. The molecule has 0 saturated carbocycles. The van der Waals surface area contributed by atoms with Crippen molar-refractivity contribution in [3.8, 4) is 40.2 Å². The number of carbonyl (C=O) groups excluding carboxylic acids is 2. The summed E-state index contributed by atoms with van der Waals surface area (Å²) in [6.07, 6.45) is 1.66. The van der Waals surface area contributed by atoms with Crippen LogP contribution in [0, 0.1) is 0 Å². The molecule has 0 N–H and O–H groups in total. The number of hydrogen-bond acceptors (Lipinski definition) is 9. The predicted molar refractivity (Wildman–Crippen MR) is 137 cm³/mol. The van der Waals surface area contributed by atoms with Crippen molar-refractivity contribution in [2.24, 2.45) is 0 Å². The Morgan fingerprint density at radius 1 is 0.737 bits per heavy atom. The van der Waals surface area contributed by atoms with Crippen LogP contribution in [0.5, 0.6) is 40.2 Å². The van der Waals surface area contributed by atoms with Gasteiger partial charge in [0, 0.05) is 23.1 Å². The number of rotatable bonds is 7. The van der Waals surface area contributed by atoms with Crippen molar-refractivity contribution >= 4 is 17.8 Å². The topological polar surface area (TPSA) is 98.8 Å². The maximum absolute atomic E-state index is 13.4. The maximum Gasteiger partial charge on any atom is 0.312 e. The van der Waals surface area contributed by atoms with E-state index in [9.17, 15) is 9.59 Å². The molecule has 3 aromatic rings. The predicted octanol–water partition coefficient (Wildman–Crippen LogP) is 4.79. The zero-order valence-corrected chi connectivity index (χ0v) is 21.6. The summed E-state index contributed by atoms with van der Waals surface area (Å²) in [4.78, 5) is 25.9. The summed E-state index contributed by atoms with van der Waals surface area (Å²) in [5, 5.41) is 0. The number of hydrogen-bond donors (Lipinski definition) is 0. The van der Waals surface area contributed by atoms with Gasteiger partial charge < -0.3 is 33.2 Å². The van der Waals surface area contributed by atoms with Crippen LogP contribution in [0.15, 0.2) is 48.2 Å². The molecule has 1 unspecified atom stereocenters. The van der Waals surface area contributed by atoms with Crippen LogP contribution in [0.2, 0.25) is 0 Å². The van der Waals surface area contributed by atoms with Crippen molar-refractivity contribution in [2.75, 3.05) is 35.5 Å². The van der Waals surface area contributed by atoms with Crippen molar-refractivity contribution in [2.45, 2.75) is 12.3 Å². The average Bonchev–Trinajstić information content (AvgIpc) is 3.26. The number of esters is 1. The Bertz CT molecular complexity index is 1470. The first-order chi connectivity index (χ1) is 18.4. The first-order valence-electron chi connectivity index (χ1n) is 11.8. The van der Waals surface area contributed by atoms with Gasteiger partial charge in [0.25, 0.3) is 0 Å². The third-order valence-corrected chi connectivity index (χ3v) is 6.61. The Hall–Kier alpha value is -4.66. The zero-order valence-electron chi connectivity index (χ0n) is 21.6. The van der Waals surface area contributed by atoms with E-state index in [1.807, 2.05) is 12.1 Å². The van der Waals surface area contributed by atoms with Crippen molar-refractivity contribution in [1.29, 1.82) is 0 Å². The highest BCUT2D eigenvalue weighted by Crippen LogP contribution is 2.50. The summed E-state index contributed by atoms with van der Waals surface area (Å²) in [5.41, 5.74) is 2.35. The first-order valence-corrected chi connectivity index (χ1v) is 11.8. The third-order valence-electron chi connectivity index (χ3n) is 6.61. The molecule has 0 aromatic heterocycles. The molecule has 0 aliphatic carbocycles. The molecule has 5 rings (SSSR count). The second kappa shape index (κ2) is 10.0. The zero-order chi connectivity index (χ0) is 27.0. The number of benzene rings is 3. The second-order valence-electron chi connectivity index (χ2n) is 8.59. The van der Waals surface area contributed by atoms with Crippen molar-refractivity contribution in [3.63, 3.8) is 0 Å². The molecular weight excluding hydrogens is 492 g/mol. The van der Waals surface area contributed by atoms with E-state index in [4.69, 9.17) is 33.2 Å². The summed E-state index contributed by atoms with van der Waals surface area (Å²) in [6, 6.07) is 12.1. The van der Waals surface area contributed by atoms with Crippen LogP contribution in [0.1, 0.15) is 39.4 Å². The molecule has 2 heterocycles. The minimum absolute atomic E-state index is 0.0685. The first kappa shape index (κ1) is 25.0. The lowest BCUT2D eigenvalue weighted by atomic mass is 9.84. The van der Waals surface area contributed by atoms with E-state index in [0.717, 1.165) is 5.56 Å². The summed E-state index contributed by atoms with van der Waals surface area (Å²) in [5.74, 6) is 2.21. The standard InChI is InChI=1S/C29H26O9/c1-32-19-8-6-15(10-22(19)34-3)18-13-26(30)37-20-9-7-17-28(31)25(38-29(17)27(18)20)12-16-11-23(35-4)24(36-5)14-21(16)33-2/h6-12,14,18H,13H2,1-5H3. The highest BCUT2D eigenvalue weighted by molar-refractivity contribution is 6.15. The van der Waals surface area contributed by atoms with Crippen LogP contribution in [0.3, 0.4) is 0 Å². The van der Waals surface area contributed by atoms with E-state index in [0.29, 0.717) is 56.9 Å². The normalized spacial score (nSPS) is 16.8. The molecule has 38 heavy (non-hydrogen) atoms. The highest BCUT2D eigenvalue weighted by Gasteiger charge is 2.39. The third kappa shape index (κ3) is 4.15. The monoisotopic (exact) mass is 518 g/mol. The Morgan fingerprint density at radius 3 is 2.08 bits per heavy atom. The van der Waals surface area contributed by atoms with Crippen LogP contribution in [-0.4, -0.2) is 47.3 Å². The van der Waals surface area contributed by atoms with Crippen LogP contribution in [-0.2, 0) is 4.79 Å². The highest BCUT2D eigenvalue weighted by atomic mass is 16.5. The Morgan fingerprint density at radius 2 is 1.39 bits per heavy atom. The lowest BCUT2D eigenvalue weighted by Gasteiger charge is -2.26. The van der Waals surface area contributed by atoms with Gasteiger partial charge in [0.1, 0.15) is 17.2 Å². The minimum Gasteiger partial charge on any atom is -0.496 e. The Balaban J connectivity index is 1.60. The van der Waals surface area contributed by atoms with E-state index in [2.05, 4.69) is 0 Å². The number of ketones is 1. The van der Waals surface area contributed by atoms with E-state index in [1.165, 1.54) is 21.3 Å². The lowest BCUT2D eigenvalue weighted by molar-refractivity contribution is -0.135. The van der Waals surface area contributed by atoms with Gasteiger partial charge >= 0.3 is 5.97 Å². The second-order valence-corrected chi connectivity index (χ2v) is 8.59.